The molecule has 10 heteroatoms. The number of cyclic esters (lactones) is 2. The van der Waals surface area contributed by atoms with E-state index in [9.17, 15) is 24.6 Å². The standard InChI is InChI=1S/C31H38O10/c1-26(2)19-18(33)20(34)28(4)17(30(19)14-38-25(36)29(24(30)41-26)9-5-15(11-29)12-32)6-8-27(3)21(16-7-10-37-13-16)39-23(35)22-31(27,28)40-22/h7,10,13,15,17,19-22,24,32,34H,5-6,8-9,11-12,14H2,1-4H3/t15-,17-,19+,20+,21-,22+,24-,27-,28-,29+,30+,31+/m0/s1. The van der Waals surface area contributed by atoms with E-state index >= 15 is 0 Å². The van der Waals surface area contributed by atoms with Crippen LogP contribution in [-0.2, 0) is 33.3 Å². The summed E-state index contributed by atoms with van der Waals surface area (Å²) in [5, 5.41) is 22.2. The third-order valence-corrected chi connectivity index (χ3v) is 13.0. The van der Waals surface area contributed by atoms with Gasteiger partial charge < -0.3 is 33.6 Å². The Bertz CT molecular complexity index is 1350. The zero-order valence-electron chi connectivity index (χ0n) is 23.9. The minimum atomic E-state index is -1.42. The average molecular weight is 571 g/mol. The summed E-state index contributed by atoms with van der Waals surface area (Å²) in [5.41, 5.74) is -5.30. The van der Waals surface area contributed by atoms with Crippen LogP contribution in [0.15, 0.2) is 23.0 Å². The number of aliphatic hydroxyl groups is 2. The Hall–Kier alpha value is -2.27. The highest BCUT2D eigenvalue weighted by molar-refractivity contribution is 5.92. The number of carbonyl (C=O) groups is 3. The van der Waals surface area contributed by atoms with E-state index in [0.717, 1.165) is 0 Å². The summed E-state index contributed by atoms with van der Waals surface area (Å²) in [5.74, 6) is -2.33. The lowest BCUT2D eigenvalue weighted by Gasteiger charge is -2.67. The molecule has 8 rings (SSSR count). The van der Waals surface area contributed by atoms with Crippen LogP contribution >= 0.6 is 0 Å². The van der Waals surface area contributed by atoms with Gasteiger partial charge in [-0.15, -0.1) is 0 Å². The van der Waals surface area contributed by atoms with Crippen LogP contribution in [0.4, 0.5) is 0 Å². The third kappa shape index (κ3) is 2.61. The molecule has 4 saturated heterocycles. The molecule has 0 unspecified atom stereocenters. The Morgan fingerprint density at radius 3 is 2.49 bits per heavy atom. The summed E-state index contributed by atoms with van der Waals surface area (Å²) in [6.07, 6.45) is 2.22. The van der Waals surface area contributed by atoms with E-state index < -0.39 is 69.2 Å². The monoisotopic (exact) mass is 570 g/mol. The van der Waals surface area contributed by atoms with E-state index in [1.807, 2.05) is 27.7 Å². The number of esters is 2. The number of hydrogen-bond donors (Lipinski definition) is 2. The average Bonchev–Trinajstić information content (AvgIpc) is 3.22. The first-order valence-corrected chi connectivity index (χ1v) is 14.9. The summed E-state index contributed by atoms with van der Waals surface area (Å²) in [6, 6.07) is 1.77. The number of Topliss-reactive ketones (excluding diaryl/α,β-unsaturated/α-hetero) is 1. The van der Waals surface area contributed by atoms with Crippen molar-refractivity contribution in [1.29, 1.82) is 0 Å². The highest BCUT2D eigenvalue weighted by Gasteiger charge is 2.91. The molecule has 0 radical (unpaired) electrons. The summed E-state index contributed by atoms with van der Waals surface area (Å²) < 4.78 is 30.7. The van der Waals surface area contributed by atoms with E-state index in [2.05, 4.69) is 0 Å². The van der Waals surface area contributed by atoms with Crippen molar-refractivity contribution < 1.29 is 48.0 Å². The van der Waals surface area contributed by atoms with Crippen molar-refractivity contribution in [2.75, 3.05) is 13.2 Å². The van der Waals surface area contributed by atoms with Crippen molar-refractivity contribution in [3.8, 4) is 0 Å². The molecule has 2 N–H and O–H groups in total. The van der Waals surface area contributed by atoms with Crippen molar-refractivity contribution in [1.82, 2.24) is 0 Å². The molecule has 41 heavy (non-hydrogen) atoms. The van der Waals surface area contributed by atoms with Gasteiger partial charge in [-0.3, -0.25) is 9.59 Å². The second-order valence-corrected chi connectivity index (χ2v) is 14.9. The summed E-state index contributed by atoms with van der Waals surface area (Å²) in [6.45, 7) is 7.63. The molecule has 7 aliphatic rings. The number of epoxide rings is 1. The van der Waals surface area contributed by atoms with E-state index in [1.54, 1.807) is 12.3 Å². The molecule has 1 aromatic rings. The summed E-state index contributed by atoms with van der Waals surface area (Å²) >= 11 is 0. The van der Waals surface area contributed by atoms with Gasteiger partial charge in [0.25, 0.3) is 0 Å². The van der Waals surface area contributed by atoms with E-state index in [-0.39, 0.29) is 36.8 Å². The number of hydrogen-bond acceptors (Lipinski definition) is 10. The smallest absolute Gasteiger partial charge is 0.339 e. The van der Waals surface area contributed by atoms with Crippen molar-refractivity contribution in [3.05, 3.63) is 24.2 Å². The van der Waals surface area contributed by atoms with Gasteiger partial charge >= 0.3 is 11.9 Å². The van der Waals surface area contributed by atoms with E-state index in [4.69, 9.17) is 23.4 Å². The van der Waals surface area contributed by atoms with Gasteiger partial charge in [0, 0.05) is 28.4 Å². The van der Waals surface area contributed by atoms with E-state index in [0.29, 0.717) is 37.7 Å². The molecular formula is C31H38O10. The molecule has 12 atom stereocenters. The maximum absolute atomic E-state index is 14.6. The van der Waals surface area contributed by atoms with Crippen LogP contribution in [0.25, 0.3) is 0 Å². The maximum Gasteiger partial charge on any atom is 0.339 e. The molecule has 3 saturated carbocycles. The number of rotatable bonds is 2. The van der Waals surface area contributed by atoms with Gasteiger partial charge in [-0.1, -0.05) is 13.8 Å². The fourth-order valence-corrected chi connectivity index (χ4v) is 11.5. The largest absolute Gasteiger partial charge is 0.472 e. The zero-order valence-corrected chi connectivity index (χ0v) is 23.9. The number of fused-ring (bicyclic) bond motifs is 2. The molecular weight excluding hydrogens is 532 g/mol. The van der Waals surface area contributed by atoms with Gasteiger partial charge in [0.15, 0.2) is 11.9 Å². The van der Waals surface area contributed by atoms with Crippen LogP contribution in [-0.4, -0.2) is 70.7 Å². The molecule has 4 aliphatic heterocycles. The third-order valence-electron chi connectivity index (χ3n) is 13.0. The van der Waals surface area contributed by atoms with Crippen molar-refractivity contribution >= 4 is 17.7 Å². The Morgan fingerprint density at radius 1 is 1.02 bits per heavy atom. The van der Waals surface area contributed by atoms with Gasteiger partial charge in [-0.25, -0.2) is 4.79 Å². The van der Waals surface area contributed by atoms with Crippen LogP contribution < -0.4 is 0 Å². The first-order chi connectivity index (χ1) is 19.3. The number of ketones is 1. The minimum absolute atomic E-state index is 0.00191. The topological polar surface area (TPSA) is 145 Å². The molecule has 0 aromatic carbocycles. The van der Waals surface area contributed by atoms with Crippen molar-refractivity contribution in [2.24, 2.45) is 39.4 Å². The lowest BCUT2D eigenvalue weighted by Crippen LogP contribution is -2.77. The first-order valence-electron chi connectivity index (χ1n) is 14.9. The molecule has 10 nitrogen and oxygen atoms in total. The summed E-state index contributed by atoms with van der Waals surface area (Å²) in [4.78, 5) is 41.6. The van der Waals surface area contributed by atoms with Crippen molar-refractivity contribution in [2.45, 2.75) is 95.4 Å². The predicted molar refractivity (Wildman–Crippen MR) is 138 cm³/mol. The maximum atomic E-state index is 14.6. The quantitative estimate of drug-likeness (QED) is 0.402. The molecule has 5 heterocycles. The number of ether oxygens (including phenoxy) is 4. The van der Waals surface area contributed by atoms with E-state index in [1.165, 1.54) is 6.26 Å². The van der Waals surface area contributed by atoms with Crippen molar-refractivity contribution in [3.63, 3.8) is 0 Å². The molecule has 0 amide bonds. The van der Waals surface area contributed by atoms with Crippen LogP contribution in [0.1, 0.15) is 71.5 Å². The lowest BCUT2D eigenvalue weighted by molar-refractivity contribution is -0.264. The molecule has 0 bridgehead atoms. The van der Waals surface area contributed by atoms with Gasteiger partial charge in [-0.05, 0) is 63.9 Å². The Labute approximate surface area is 238 Å². The molecule has 1 aromatic heterocycles. The molecule has 3 spiro atoms. The first kappa shape index (κ1) is 26.4. The lowest BCUT2D eigenvalue weighted by atomic mass is 9.35. The molecule has 3 aliphatic carbocycles. The Kier molecular flexibility index (Phi) is 4.90. The Balaban J connectivity index is 1.33. The highest BCUT2D eigenvalue weighted by atomic mass is 16.7. The minimum Gasteiger partial charge on any atom is -0.472 e. The Morgan fingerprint density at radius 2 is 1.80 bits per heavy atom. The van der Waals surface area contributed by atoms with Gasteiger partial charge in [0.1, 0.15) is 24.4 Å². The van der Waals surface area contributed by atoms with Gasteiger partial charge in [-0.2, -0.15) is 0 Å². The molecule has 222 valence electrons. The number of furan rings is 1. The van der Waals surface area contributed by atoms with Crippen LogP contribution in [0.2, 0.25) is 0 Å². The second-order valence-electron chi connectivity index (χ2n) is 14.9. The van der Waals surface area contributed by atoms with Crippen LogP contribution in [0.5, 0.6) is 0 Å². The van der Waals surface area contributed by atoms with Gasteiger partial charge in [0.2, 0.25) is 0 Å². The van der Waals surface area contributed by atoms with Crippen LogP contribution in [0.3, 0.4) is 0 Å². The fourth-order valence-electron chi connectivity index (χ4n) is 11.5. The SMILES string of the molecule is CC1(C)O[C@H]2[C@]3(CC[C@H](CO)C3)C(=O)OC[C@@]23[C@@H]1C(=O)[C@@H](O)[C@]1(C)[C@@H]3CC[C@@]2(C)[C@H](c3ccoc3)OC(=O)[C@H]3O[C@@]312. The fraction of sp³-hybridized carbons (Fsp3) is 0.774. The number of aliphatic hydroxyl groups excluding tert-OH is 2. The summed E-state index contributed by atoms with van der Waals surface area (Å²) in [7, 11) is 0. The van der Waals surface area contributed by atoms with Crippen LogP contribution in [0, 0.1) is 39.4 Å². The van der Waals surface area contributed by atoms with Gasteiger partial charge in [0.05, 0.1) is 35.6 Å². The second kappa shape index (κ2) is 7.62. The zero-order chi connectivity index (χ0) is 29.0. The number of carbonyl (C=O) groups excluding carboxylic acids is 3. The predicted octanol–water partition coefficient (Wildman–Crippen LogP) is 2.50. The highest BCUT2D eigenvalue weighted by Crippen LogP contribution is 2.81. The normalized spacial score (nSPS) is 54.4. The molecule has 7 fully saturated rings.